The molecule has 0 unspecified atom stereocenters. The number of carboxylic acid groups (broad SMARTS) is 1. The van der Waals surface area contributed by atoms with E-state index in [0.717, 1.165) is 16.3 Å². The Labute approximate surface area is 111 Å². The molecular weight excluding hydrogens is 280 g/mol. The summed E-state index contributed by atoms with van der Waals surface area (Å²) in [6.45, 7) is 1.88. The number of aliphatic carboxylic acids is 1. The summed E-state index contributed by atoms with van der Waals surface area (Å²) in [5.41, 5.74) is 0.666. The van der Waals surface area contributed by atoms with Crippen molar-refractivity contribution in [3.05, 3.63) is 10.1 Å². The summed E-state index contributed by atoms with van der Waals surface area (Å²) in [4.78, 5) is 11.5. The highest BCUT2D eigenvalue weighted by atomic mass is 79.9. The molecule has 3 heteroatoms. The molecule has 4 saturated carbocycles. The maximum atomic E-state index is 11.5. The highest BCUT2D eigenvalue weighted by molar-refractivity contribution is 9.11. The molecule has 0 saturated heterocycles. The normalized spacial score (nSPS) is 44.7. The molecule has 0 atom stereocenters. The minimum Gasteiger partial charge on any atom is -0.478 e. The van der Waals surface area contributed by atoms with E-state index >= 15 is 0 Å². The predicted molar refractivity (Wildman–Crippen MR) is 69.8 cm³/mol. The van der Waals surface area contributed by atoms with Gasteiger partial charge in [0, 0.05) is 4.48 Å². The van der Waals surface area contributed by atoms with Crippen LogP contribution in [0.25, 0.3) is 0 Å². The summed E-state index contributed by atoms with van der Waals surface area (Å²) >= 11 is 3.41. The monoisotopic (exact) mass is 298 g/mol. The summed E-state index contributed by atoms with van der Waals surface area (Å²) < 4.78 is 0.836. The lowest BCUT2D eigenvalue weighted by Crippen LogP contribution is -2.46. The first-order valence-electron chi connectivity index (χ1n) is 6.65. The summed E-state index contributed by atoms with van der Waals surface area (Å²) in [6.07, 6.45) is 6.51. The minimum atomic E-state index is -0.711. The van der Waals surface area contributed by atoms with Crippen LogP contribution in [0.15, 0.2) is 10.1 Å². The van der Waals surface area contributed by atoms with Crippen molar-refractivity contribution in [2.45, 2.75) is 39.0 Å². The number of hydrogen-bond acceptors (Lipinski definition) is 1. The minimum absolute atomic E-state index is 0.319. The number of carbonyl (C=O) groups is 1. The molecule has 0 radical (unpaired) electrons. The molecule has 4 aliphatic rings. The van der Waals surface area contributed by atoms with E-state index in [-0.39, 0.29) is 0 Å². The number of carboxylic acids is 1. The standard InChI is InChI=1S/C14H19BrO2/c1-7(15)12(14(16)17)13-10-3-8-2-9(5-10)6-11(13)4-8/h8-11,13H,2-6H2,1H3,(H,16,17)/b12-7-. The van der Waals surface area contributed by atoms with Crippen molar-refractivity contribution in [1.29, 1.82) is 0 Å². The summed E-state index contributed by atoms with van der Waals surface area (Å²) in [5.74, 6) is 2.70. The maximum absolute atomic E-state index is 11.5. The van der Waals surface area contributed by atoms with Gasteiger partial charge in [0.1, 0.15) is 0 Å². The SMILES string of the molecule is C/C(Br)=C(/C(=O)O)C1C2CC3CC(C2)CC1C3. The van der Waals surface area contributed by atoms with E-state index in [1.165, 1.54) is 32.1 Å². The van der Waals surface area contributed by atoms with E-state index in [2.05, 4.69) is 15.9 Å². The van der Waals surface area contributed by atoms with E-state index in [1.54, 1.807) is 0 Å². The van der Waals surface area contributed by atoms with Gasteiger partial charge in [-0.1, -0.05) is 15.9 Å². The molecule has 0 aromatic rings. The van der Waals surface area contributed by atoms with Crippen LogP contribution >= 0.6 is 15.9 Å². The van der Waals surface area contributed by atoms with E-state index in [1.807, 2.05) is 6.92 Å². The highest BCUT2D eigenvalue weighted by Crippen LogP contribution is 2.58. The fourth-order valence-corrected chi connectivity index (χ4v) is 5.35. The molecule has 4 aliphatic carbocycles. The van der Waals surface area contributed by atoms with Crippen LogP contribution in [0.5, 0.6) is 0 Å². The average molecular weight is 299 g/mol. The van der Waals surface area contributed by atoms with Crippen LogP contribution in [0.3, 0.4) is 0 Å². The van der Waals surface area contributed by atoms with E-state index < -0.39 is 5.97 Å². The topological polar surface area (TPSA) is 37.3 Å². The van der Waals surface area contributed by atoms with Gasteiger partial charge in [-0.3, -0.25) is 0 Å². The molecule has 17 heavy (non-hydrogen) atoms. The second-order valence-electron chi connectivity index (χ2n) is 6.21. The van der Waals surface area contributed by atoms with Crippen molar-refractivity contribution in [3.8, 4) is 0 Å². The van der Waals surface area contributed by atoms with Gasteiger partial charge in [-0.2, -0.15) is 0 Å². The molecule has 4 rings (SSSR count). The van der Waals surface area contributed by atoms with Crippen molar-refractivity contribution >= 4 is 21.9 Å². The van der Waals surface area contributed by atoms with Crippen LogP contribution in [-0.2, 0) is 4.79 Å². The van der Waals surface area contributed by atoms with E-state index in [9.17, 15) is 9.90 Å². The Morgan fingerprint density at radius 1 is 1.06 bits per heavy atom. The fraction of sp³-hybridized carbons (Fsp3) is 0.786. The van der Waals surface area contributed by atoms with E-state index in [0.29, 0.717) is 23.3 Å². The van der Waals surface area contributed by atoms with Crippen LogP contribution in [0.1, 0.15) is 39.0 Å². The van der Waals surface area contributed by atoms with Crippen LogP contribution < -0.4 is 0 Å². The van der Waals surface area contributed by atoms with Crippen LogP contribution in [0.4, 0.5) is 0 Å². The van der Waals surface area contributed by atoms with Crippen molar-refractivity contribution in [2.24, 2.45) is 29.6 Å². The van der Waals surface area contributed by atoms with Gasteiger partial charge in [-0.05, 0) is 68.6 Å². The quantitative estimate of drug-likeness (QED) is 0.787. The number of halogens is 1. The Morgan fingerprint density at radius 3 is 1.88 bits per heavy atom. The molecule has 0 aromatic carbocycles. The first-order chi connectivity index (χ1) is 8.06. The molecular formula is C14H19BrO2. The molecule has 4 fully saturated rings. The number of rotatable bonds is 2. The first kappa shape index (κ1) is 11.8. The summed E-state index contributed by atoms with van der Waals surface area (Å²) in [7, 11) is 0. The van der Waals surface area contributed by atoms with Gasteiger partial charge in [-0.25, -0.2) is 4.79 Å². The van der Waals surface area contributed by atoms with Gasteiger partial charge in [-0.15, -0.1) is 0 Å². The smallest absolute Gasteiger partial charge is 0.332 e. The van der Waals surface area contributed by atoms with Gasteiger partial charge in [0.05, 0.1) is 5.57 Å². The Morgan fingerprint density at radius 2 is 1.53 bits per heavy atom. The van der Waals surface area contributed by atoms with Gasteiger partial charge in [0.15, 0.2) is 0 Å². The zero-order valence-electron chi connectivity index (χ0n) is 10.2. The summed E-state index contributed by atoms with van der Waals surface area (Å²) in [5, 5.41) is 9.44. The highest BCUT2D eigenvalue weighted by Gasteiger charge is 2.50. The lowest BCUT2D eigenvalue weighted by atomic mass is 9.50. The molecule has 0 heterocycles. The van der Waals surface area contributed by atoms with Gasteiger partial charge in [0.2, 0.25) is 0 Å². The summed E-state index contributed by atoms with van der Waals surface area (Å²) in [6, 6.07) is 0. The second kappa shape index (κ2) is 4.11. The van der Waals surface area contributed by atoms with Crippen LogP contribution in [0, 0.1) is 29.6 Å². The molecule has 0 spiro atoms. The third-order valence-electron chi connectivity index (χ3n) is 5.16. The third kappa shape index (κ3) is 1.87. The second-order valence-corrected chi connectivity index (χ2v) is 7.40. The maximum Gasteiger partial charge on any atom is 0.332 e. The Hall–Kier alpha value is -0.310. The van der Waals surface area contributed by atoms with Crippen molar-refractivity contribution < 1.29 is 9.90 Å². The Kier molecular flexibility index (Phi) is 2.85. The van der Waals surface area contributed by atoms with E-state index in [4.69, 9.17) is 0 Å². The molecule has 94 valence electrons. The third-order valence-corrected chi connectivity index (χ3v) is 5.59. The van der Waals surface area contributed by atoms with Gasteiger partial charge in [0.25, 0.3) is 0 Å². The molecule has 0 aromatic heterocycles. The van der Waals surface area contributed by atoms with Gasteiger partial charge < -0.3 is 5.11 Å². The van der Waals surface area contributed by atoms with Crippen molar-refractivity contribution in [2.75, 3.05) is 0 Å². The molecule has 0 aliphatic heterocycles. The average Bonchev–Trinajstić information content (AvgIpc) is 2.20. The zero-order valence-corrected chi connectivity index (χ0v) is 11.7. The fourth-order valence-electron chi connectivity index (χ4n) is 4.92. The lowest BCUT2D eigenvalue weighted by molar-refractivity contribution is -0.135. The zero-order chi connectivity index (χ0) is 12.2. The van der Waals surface area contributed by atoms with Gasteiger partial charge >= 0.3 is 5.97 Å². The predicted octanol–water partition coefficient (Wildman–Crippen LogP) is 3.81. The van der Waals surface area contributed by atoms with Crippen LogP contribution in [0.2, 0.25) is 0 Å². The molecule has 2 nitrogen and oxygen atoms in total. The van der Waals surface area contributed by atoms with Crippen LogP contribution in [-0.4, -0.2) is 11.1 Å². The largest absolute Gasteiger partial charge is 0.478 e. The first-order valence-corrected chi connectivity index (χ1v) is 7.45. The lowest BCUT2D eigenvalue weighted by Gasteiger charge is -2.54. The molecule has 1 N–H and O–H groups in total. The Balaban J connectivity index is 1.94. The molecule has 4 bridgehead atoms. The number of allylic oxidation sites excluding steroid dienone is 1. The number of hydrogen-bond donors (Lipinski definition) is 1. The Bertz CT molecular complexity index is 354. The molecule has 0 amide bonds. The van der Waals surface area contributed by atoms with Crippen molar-refractivity contribution in [1.82, 2.24) is 0 Å². The van der Waals surface area contributed by atoms with Crippen molar-refractivity contribution in [3.63, 3.8) is 0 Å².